The highest BCUT2D eigenvalue weighted by molar-refractivity contribution is 7.47. The number of quaternary nitrogens is 1. The van der Waals surface area contributed by atoms with Crippen molar-refractivity contribution in [3.05, 3.63) is 12.2 Å². The largest absolute Gasteiger partial charge is 0.472 e. The SMILES string of the molecule is CCCCCCCCCCCCCCCCCCCC/C=C/C(O)C(COP(=O)(O)OCC[N+](C)(C)C)NC(=O)CCCCCCCCCCCC. The van der Waals surface area contributed by atoms with Crippen LogP contribution in [0.15, 0.2) is 12.2 Å². The molecule has 0 aromatic heterocycles. The first kappa shape index (κ1) is 51.2. The molecule has 3 N–H and O–H groups in total. The van der Waals surface area contributed by atoms with Gasteiger partial charge in [-0.05, 0) is 19.3 Å². The van der Waals surface area contributed by atoms with E-state index < -0.39 is 20.0 Å². The topological polar surface area (TPSA) is 105 Å². The fourth-order valence-electron chi connectivity index (χ4n) is 6.45. The van der Waals surface area contributed by atoms with Crippen LogP contribution in [0, 0.1) is 0 Å². The monoisotopic (exact) mass is 760 g/mol. The number of phosphoric acid groups is 1. The van der Waals surface area contributed by atoms with E-state index in [1.54, 1.807) is 6.08 Å². The van der Waals surface area contributed by atoms with Gasteiger partial charge in [0.05, 0.1) is 39.9 Å². The van der Waals surface area contributed by atoms with Crippen LogP contribution in [0.5, 0.6) is 0 Å². The van der Waals surface area contributed by atoms with Gasteiger partial charge in [-0.1, -0.05) is 193 Å². The molecule has 310 valence electrons. The van der Waals surface area contributed by atoms with Crippen LogP contribution in [0.2, 0.25) is 0 Å². The van der Waals surface area contributed by atoms with Crippen molar-refractivity contribution >= 4 is 13.7 Å². The normalized spacial score (nSPS) is 14.5. The summed E-state index contributed by atoms with van der Waals surface area (Å²) in [6.45, 7) is 4.81. The van der Waals surface area contributed by atoms with E-state index in [1.807, 2.05) is 27.2 Å². The molecular weight excluding hydrogens is 671 g/mol. The molecular formula is C43H88N2O6P+. The highest BCUT2D eigenvalue weighted by Gasteiger charge is 2.27. The summed E-state index contributed by atoms with van der Waals surface area (Å²) in [7, 11) is 1.58. The Labute approximate surface area is 322 Å². The highest BCUT2D eigenvalue weighted by Crippen LogP contribution is 2.43. The third kappa shape index (κ3) is 37.6. The molecule has 3 atom stereocenters. The Hall–Kier alpha value is -0.760. The number of nitrogens with one attached hydrogen (secondary N) is 1. The summed E-state index contributed by atoms with van der Waals surface area (Å²) in [4.78, 5) is 23.0. The van der Waals surface area contributed by atoms with Crippen LogP contribution in [0.3, 0.4) is 0 Å². The number of rotatable bonds is 40. The van der Waals surface area contributed by atoms with Crippen molar-refractivity contribution in [2.24, 2.45) is 0 Å². The van der Waals surface area contributed by atoms with Crippen LogP contribution in [0.1, 0.15) is 206 Å². The number of phosphoric ester groups is 1. The second-order valence-electron chi connectivity index (χ2n) is 16.4. The van der Waals surface area contributed by atoms with Crippen LogP contribution in [0.25, 0.3) is 0 Å². The number of allylic oxidation sites excluding steroid dienone is 1. The van der Waals surface area contributed by atoms with Crippen molar-refractivity contribution in [3.63, 3.8) is 0 Å². The molecule has 9 heteroatoms. The summed E-state index contributed by atoms with van der Waals surface area (Å²) >= 11 is 0. The van der Waals surface area contributed by atoms with Gasteiger partial charge in [0.25, 0.3) is 0 Å². The number of aliphatic hydroxyl groups excluding tert-OH is 1. The van der Waals surface area contributed by atoms with E-state index >= 15 is 0 Å². The summed E-state index contributed by atoms with van der Waals surface area (Å²) in [5, 5.41) is 13.8. The van der Waals surface area contributed by atoms with Crippen molar-refractivity contribution in [1.29, 1.82) is 0 Å². The van der Waals surface area contributed by atoms with Crippen LogP contribution in [-0.2, 0) is 18.4 Å². The van der Waals surface area contributed by atoms with E-state index in [-0.39, 0.29) is 19.1 Å². The van der Waals surface area contributed by atoms with Gasteiger partial charge < -0.3 is 19.8 Å². The minimum atomic E-state index is -4.33. The Morgan fingerprint density at radius 3 is 1.42 bits per heavy atom. The summed E-state index contributed by atoms with van der Waals surface area (Å²) in [6.07, 6.45) is 40.0. The molecule has 0 heterocycles. The number of amides is 1. The lowest BCUT2D eigenvalue weighted by molar-refractivity contribution is -0.870. The zero-order chi connectivity index (χ0) is 38.6. The average Bonchev–Trinajstić information content (AvgIpc) is 3.09. The zero-order valence-electron chi connectivity index (χ0n) is 35.1. The van der Waals surface area contributed by atoms with Crippen LogP contribution in [0.4, 0.5) is 0 Å². The van der Waals surface area contributed by atoms with Gasteiger partial charge in [0.2, 0.25) is 5.91 Å². The van der Waals surface area contributed by atoms with Gasteiger partial charge in [-0.2, -0.15) is 0 Å². The molecule has 0 aromatic carbocycles. The van der Waals surface area contributed by atoms with Crippen LogP contribution >= 0.6 is 7.82 Å². The van der Waals surface area contributed by atoms with E-state index in [4.69, 9.17) is 9.05 Å². The predicted molar refractivity (Wildman–Crippen MR) is 222 cm³/mol. The molecule has 3 unspecified atom stereocenters. The molecule has 0 aliphatic rings. The minimum absolute atomic E-state index is 0.0644. The van der Waals surface area contributed by atoms with Crippen LogP contribution < -0.4 is 5.32 Å². The van der Waals surface area contributed by atoms with Gasteiger partial charge in [-0.25, -0.2) is 4.57 Å². The Morgan fingerprint density at radius 2 is 1.02 bits per heavy atom. The van der Waals surface area contributed by atoms with Gasteiger partial charge in [0.1, 0.15) is 13.2 Å². The standard InChI is InChI=1S/C43H87N2O6P/c1-6-8-10-12-14-16-18-19-20-21-22-23-24-25-26-27-28-30-32-34-36-42(46)41(40-51-52(48,49)50-39-38-45(3,4)5)44-43(47)37-35-33-31-29-17-15-13-11-9-7-2/h34,36,41-42,46H,6-33,35,37-40H2,1-5H3,(H-,44,47,48,49)/p+1/b36-34+. The maximum atomic E-state index is 12.8. The molecule has 0 radical (unpaired) electrons. The van der Waals surface area contributed by atoms with Gasteiger partial charge in [0, 0.05) is 6.42 Å². The van der Waals surface area contributed by atoms with Crippen molar-refractivity contribution < 1.29 is 32.9 Å². The van der Waals surface area contributed by atoms with Crippen molar-refractivity contribution in [3.8, 4) is 0 Å². The molecule has 0 saturated heterocycles. The van der Waals surface area contributed by atoms with Crippen molar-refractivity contribution in [1.82, 2.24) is 5.32 Å². The smallest absolute Gasteiger partial charge is 0.387 e. The zero-order valence-corrected chi connectivity index (χ0v) is 36.0. The fraction of sp³-hybridized carbons (Fsp3) is 0.930. The lowest BCUT2D eigenvalue weighted by Crippen LogP contribution is -2.45. The Kier molecular flexibility index (Phi) is 35.4. The number of hydrogen-bond donors (Lipinski definition) is 3. The third-order valence-electron chi connectivity index (χ3n) is 10.0. The van der Waals surface area contributed by atoms with E-state index in [2.05, 4.69) is 19.2 Å². The first-order valence-electron chi connectivity index (χ1n) is 22.1. The van der Waals surface area contributed by atoms with E-state index in [9.17, 15) is 19.4 Å². The lowest BCUT2D eigenvalue weighted by atomic mass is 10.0. The quantitative estimate of drug-likeness (QED) is 0.0249. The molecule has 0 fully saturated rings. The number of hydrogen-bond acceptors (Lipinski definition) is 5. The molecule has 0 aromatic rings. The van der Waals surface area contributed by atoms with Crippen LogP contribution in [-0.4, -0.2) is 73.4 Å². The molecule has 8 nitrogen and oxygen atoms in total. The third-order valence-corrected chi connectivity index (χ3v) is 11.0. The molecule has 0 bridgehead atoms. The molecule has 0 aliphatic heterocycles. The second kappa shape index (κ2) is 35.9. The first-order chi connectivity index (χ1) is 25.0. The predicted octanol–water partition coefficient (Wildman–Crippen LogP) is 12.0. The maximum Gasteiger partial charge on any atom is 0.472 e. The molecule has 0 spiro atoms. The summed E-state index contributed by atoms with van der Waals surface area (Å²) < 4.78 is 23.5. The van der Waals surface area contributed by atoms with E-state index in [0.717, 1.165) is 32.1 Å². The van der Waals surface area contributed by atoms with Crippen molar-refractivity contribution in [2.75, 3.05) is 40.9 Å². The molecule has 52 heavy (non-hydrogen) atoms. The summed E-state index contributed by atoms with van der Waals surface area (Å²) in [5.41, 5.74) is 0. The summed E-state index contributed by atoms with van der Waals surface area (Å²) in [6, 6.07) is -0.838. The second-order valence-corrected chi connectivity index (χ2v) is 17.9. The van der Waals surface area contributed by atoms with E-state index in [1.165, 1.54) is 154 Å². The molecule has 0 saturated carbocycles. The Bertz CT molecular complexity index is 865. The average molecular weight is 760 g/mol. The van der Waals surface area contributed by atoms with E-state index in [0.29, 0.717) is 17.4 Å². The van der Waals surface area contributed by atoms with Gasteiger partial charge in [-0.15, -0.1) is 0 Å². The first-order valence-corrected chi connectivity index (χ1v) is 23.6. The minimum Gasteiger partial charge on any atom is -0.387 e. The summed E-state index contributed by atoms with van der Waals surface area (Å²) in [5.74, 6) is -0.178. The molecule has 1 amide bonds. The molecule has 0 aliphatic carbocycles. The lowest BCUT2D eigenvalue weighted by Gasteiger charge is -2.25. The number of carbonyl (C=O) groups excluding carboxylic acids is 1. The van der Waals surface area contributed by atoms with Gasteiger partial charge >= 0.3 is 7.82 Å². The number of aliphatic hydroxyl groups is 1. The number of nitrogens with zero attached hydrogens (tertiary/aromatic N) is 1. The number of carbonyl (C=O) groups is 1. The fourth-order valence-corrected chi connectivity index (χ4v) is 7.19. The van der Waals surface area contributed by atoms with Gasteiger partial charge in [-0.3, -0.25) is 13.8 Å². The van der Waals surface area contributed by atoms with Crippen molar-refractivity contribution in [2.45, 2.75) is 219 Å². The number of likely N-dealkylation sites (N-methyl/N-ethyl adjacent to an activating group) is 1. The molecule has 0 rings (SSSR count). The highest BCUT2D eigenvalue weighted by atomic mass is 31.2. The Balaban J connectivity index is 4.34. The Morgan fingerprint density at radius 1 is 0.635 bits per heavy atom. The number of unbranched alkanes of at least 4 members (excludes halogenated alkanes) is 27. The van der Waals surface area contributed by atoms with Gasteiger partial charge in [0.15, 0.2) is 0 Å². The maximum absolute atomic E-state index is 12.8.